The number of carbonyl (C=O) groups excluding carboxylic acids is 1. The molecular weight excluding hydrogens is 374 g/mol. The Morgan fingerprint density at radius 1 is 1.11 bits per heavy atom. The van der Waals surface area contributed by atoms with Crippen molar-refractivity contribution in [2.24, 2.45) is 0 Å². The van der Waals surface area contributed by atoms with Crippen LogP contribution in [0.1, 0.15) is 15.9 Å². The number of nitrogens with zero attached hydrogens (tertiary/aromatic N) is 2. The van der Waals surface area contributed by atoms with Gasteiger partial charge < -0.3 is 14.6 Å². The maximum atomic E-state index is 12.0. The molecule has 28 heavy (non-hydrogen) atoms. The molecule has 0 aliphatic rings. The summed E-state index contributed by atoms with van der Waals surface area (Å²) < 4.78 is 6.95. The lowest BCUT2D eigenvalue weighted by Crippen LogP contribution is -2.05. The highest BCUT2D eigenvalue weighted by Gasteiger charge is 2.13. The zero-order valence-electron chi connectivity index (χ0n) is 15.2. The minimum atomic E-state index is -0.446. The third kappa shape index (κ3) is 3.70. The van der Waals surface area contributed by atoms with Gasteiger partial charge in [0.1, 0.15) is 0 Å². The number of nitrogens with one attached hydrogen (secondary N) is 1. The predicted molar refractivity (Wildman–Crippen MR) is 111 cm³/mol. The summed E-state index contributed by atoms with van der Waals surface area (Å²) in [6.07, 6.45) is 1.84. The number of anilines is 2. The fourth-order valence-electron chi connectivity index (χ4n) is 3.11. The Balaban J connectivity index is 1.62. The molecule has 4 rings (SSSR count). The molecule has 6 heteroatoms. The molecule has 1 N–H and O–H groups in total. The van der Waals surface area contributed by atoms with Crippen molar-refractivity contribution >= 4 is 40.0 Å². The summed E-state index contributed by atoms with van der Waals surface area (Å²) in [4.78, 5) is 16.5. The van der Waals surface area contributed by atoms with Gasteiger partial charge in [-0.05, 0) is 42.0 Å². The van der Waals surface area contributed by atoms with Gasteiger partial charge >= 0.3 is 5.97 Å². The number of methoxy groups -OCH3 is 1. The molecule has 0 saturated heterocycles. The summed E-state index contributed by atoms with van der Waals surface area (Å²) in [5, 5.41) is 3.73. The van der Waals surface area contributed by atoms with E-state index < -0.39 is 5.97 Å². The summed E-state index contributed by atoms with van der Waals surface area (Å²) in [5.74, 6) is -0.446. The van der Waals surface area contributed by atoms with Gasteiger partial charge in [-0.1, -0.05) is 41.9 Å². The van der Waals surface area contributed by atoms with E-state index in [4.69, 9.17) is 16.3 Å². The van der Waals surface area contributed by atoms with Crippen LogP contribution in [0, 0.1) is 0 Å². The molecule has 3 aromatic carbocycles. The summed E-state index contributed by atoms with van der Waals surface area (Å²) in [5.41, 5.74) is 4.95. The van der Waals surface area contributed by atoms with Crippen molar-refractivity contribution in [3.05, 3.63) is 89.2 Å². The van der Waals surface area contributed by atoms with Crippen LogP contribution in [-0.2, 0) is 11.3 Å². The maximum Gasteiger partial charge on any atom is 0.340 e. The second-order valence-electron chi connectivity index (χ2n) is 6.37. The minimum absolute atomic E-state index is 0.379. The first-order chi connectivity index (χ1) is 13.6. The lowest BCUT2D eigenvalue weighted by molar-refractivity contribution is 0.0602. The van der Waals surface area contributed by atoms with Crippen molar-refractivity contribution in [1.82, 2.24) is 9.55 Å². The molecule has 0 aliphatic heterocycles. The summed E-state index contributed by atoms with van der Waals surface area (Å²) in [6.45, 7) is 0.758. The second kappa shape index (κ2) is 7.74. The molecule has 4 aromatic rings. The predicted octanol–water partition coefficient (Wildman–Crippen LogP) is 5.27. The van der Waals surface area contributed by atoms with Crippen LogP contribution < -0.4 is 5.32 Å². The van der Waals surface area contributed by atoms with Crippen LogP contribution in [-0.4, -0.2) is 22.6 Å². The van der Waals surface area contributed by atoms with Gasteiger partial charge in [-0.25, -0.2) is 9.78 Å². The van der Waals surface area contributed by atoms with Gasteiger partial charge in [-0.3, -0.25) is 0 Å². The average Bonchev–Trinajstić information content (AvgIpc) is 3.11. The summed E-state index contributed by atoms with van der Waals surface area (Å²) >= 11 is 6.02. The van der Waals surface area contributed by atoms with Crippen LogP contribution in [0.25, 0.3) is 11.0 Å². The number of benzene rings is 3. The van der Waals surface area contributed by atoms with Crippen LogP contribution >= 0.6 is 11.6 Å². The summed E-state index contributed by atoms with van der Waals surface area (Å²) in [6, 6.07) is 21.2. The van der Waals surface area contributed by atoms with Gasteiger partial charge in [-0.2, -0.15) is 0 Å². The van der Waals surface area contributed by atoms with Gasteiger partial charge in [0.25, 0.3) is 0 Å². The van der Waals surface area contributed by atoms with E-state index in [1.165, 1.54) is 12.7 Å². The summed E-state index contributed by atoms with van der Waals surface area (Å²) in [7, 11) is 1.35. The molecule has 0 bridgehead atoms. The number of fused-ring (bicyclic) bond motifs is 1. The largest absolute Gasteiger partial charge is 0.465 e. The molecule has 5 nitrogen and oxygen atoms in total. The Morgan fingerprint density at radius 3 is 2.71 bits per heavy atom. The third-order valence-electron chi connectivity index (χ3n) is 4.48. The van der Waals surface area contributed by atoms with Crippen LogP contribution in [0.3, 0.4) is 0 Å². The fraction of sp³-hybridized carbons (Fsp3) is 0.0909. The van der Waals surface area contributed by atoms with E-state index in [9.17, 15) is 4.79 Å². The first-order valence-corrected chi connectivity index (χ1v) is 9.15. The maximum absolute atomic E-state index is 12.0. The highest BCUT2D eigenvalue weighted by Crippen LogP contribution is 2.27. The van der Waals surface area contributed by atoms with E-state index in [-0.39, 0.29) is 0 Å². The second-order valence-corrected chi connectivity index (χ2v) is 6.80. The quantitative estimate of drug-likeness (QED) is 0.471. The lowest BCUT2D eigenvalue weighted by Gasteiger charge is -2.11. The van der Waals surface area contributed by atoms with E-state index in [2.05, 4.69) is 27.0 Å². The Hall–Kier alpha value is -3.31. The first kappa shape index (κ1) is 18.1. The zero-order valence-corrected chi connectivity index (χ0v) is 16.0. The van der Waals surface area contributed by atoms with Crippen LogP contribution in [0.2, 0.25) is 5.02 Å². The van der Waals surface area contributed by atoms with Crippen molar-refractivity contribution in [2.75, 3.05) is 12.4 Å². The van der Waals surface area contributed by atoms with Gasteiger partial charge in [0, 0.05) is 17.3 Å². The highest BCUT2D eigenvalue weighted by atomic mass is 35.5. The van der Waals surface area contributed by atoms with Crippen LogP contribution in [0.5, 0.6) is 0 Å². The number of halogens is 1. The van der Waals surface area contributed by atoms with E-state index in [1.54, 1.807) is 18.2 Å². The molecule has 0 amide bonds. The Bertz CT molecular complexity index is 1140. The molecular formula is C22H18ClN3O2. The van der Waals surface area contributed by atoms with Crippen molar-refractivity contribution in [3.8, 4) is 0 Å². The topological polar surface area (TPSA) is 56.1 Å². The fourth-order valence-corrected chi connectivity index (χ4v) is 3.28. The zero-order chi connectivity index (χ0) is 19.5. The van der Waals surface area contributed by atoms with Crippen molar-refractivity contribution in [2.45, 2.75) is 6.54 Å². The van der Waals surface area contributed by atoms with Gasteiger partial charge in [0.2, 0.25) is 0 Å². The minimum Gasteiger partial charge on any atom is -0.465 e. The Kier molecular flexibility index (Phi) is 5.00. The van der Waals surface area contributed by atoms with Crippen molar-refractivity contribution < 1.29 is 9.53 Å². The van der Waals surface area contributed by atoms with Crippen LogP contribution in [0.15, 0.2) is 73.1 Å². The van der Waals surface area contributed by atoms with E-state index >= 15 is 0 Å². The smallest absolute Gasteiger partial charge is 0.340 e. The molecule has 0 saturated carbocycles. The molecule has 1 heterocycles. The van der Waals surface area contributed by atoms with E-state index in [0.29, 0.717) is 16.3 Å². The lowest BCUT2D eigenvalue weighted by atomic mass is 10.1. The van der Waals surface area contributed by atoms with Crippen molar-refractivity contribution in [3.63, 3.8) is 0 Å². The Morgan fingerprint density at radius 2 is 1.93 bits per heavy atom. The molecule has 0 spiro atoms. The first-order valence-electron chi connectivity index (χ1n) is 8.78. The van der Waals surface area contributed by atoms with E-state index in [1.807, 2.05) is 42.7 Å². The molecule has 140 valence electrons. The number of rotatable bonds is 5. The number of imidazole rings is 1. The van der Waals surface area contributed by atoms with Gasteiger partial charge in [-0.15, -0.1) is 0 Å². The SMILES string of the molecule is COC(=O)c1cc(Cl)ccc1Nc1ccc2c(c1)ncn2Cc1ccccc1. The number of hydrogen-bond acceptors (Lipinski definition) is 4. The average molecular weight is 392 g/mol. The number of esters is 1. The normalized spacial score (nSPS) is 10.8. The molecule has 0 aliphatic carbocycles. The molecule has 0 fully saturated rings. The molecule has 0 unspecified atom stereocenters. The van der Waals surface area contributed by atoms with Gasteiger partial charge in [0.05, 0.1) is 35.7 Å². The van der Waals surface area contributed by atoms with E-state index in [0.717, 1.165) is 23.3 Å². The van der Waals surface area contributed by atoms with Crippen LogP contribution in [0.4, 0.5) is 11.4 Å². The molecule has 0 radical (unpaired) electrons. The third-order valence-corrected chi connectivity index (χ3v) is 4.72. The molecule has 0 atom stereocenters. The highest BCUT2D eigenvalue weighted by molar-refractivity contribution is 6.31. The number of hydrogen-bond donors (Lipinski definition) is 1. The monoisotopic (exact) mass is 391 g/mol. The standard InChI is InChI=1S/C22H18ClN3O2/c1-28-22(27)18-11-16(23)7-9-19(18)25-17-8-10-21-20(12-17)24-14-26(21)13-15-5-3-2-4-6-15/h2-12,14,25H,13H2,1H3. The van der Waals surface area contributed by atoms with Crippen molar-refractivity contribution in [1.29, 1.82) is 0 Å². The number of carbonyl (C=O) groups is 1. The Labute approximate surface area is 167 Å². The van der Waals surface area contributed by atoms with Gasteiger partial charge in [0.15, 0.2) is 0 Å². The number of aromatic nitrogens is 2. The number of ether oxygens (including phenoxy) is 1. The molecule has 1 aromatic heterocycles.